The average molecular weight is 421 g/mol. The summed E-state index contributed by atoms with van der Waals surface area (Å²) in [6.07, 6.45) is 0.738. The second kappa shape index (κ2) is 9.06. The molecule has 0 bridgehead atoms. The van der Waals surface area contributed by atoms with Gasteiger partial charge in [0.25, 0.3) is 11.7 Å². The van der Waals surface area contributed by atoms with Crippen LogP contribution in [0.4, 0.5) is 0 Å². The van der Waals surface area contributed by atoms with E-state index in [9.17, 15) is 14.7 Å². The van der Waals surface area contributed by atoms with Crippen molar-refractivity contribution in [2.75, 3.05) is 27.2 Å². The Morgan fingerprint density at radius 3 is 2.16 bits per heavy atom. The van der Waals surface area contributed by atoms with E-state index in [2.05, 4.69) is 20.8 Å². The van der Waals surface area contributed by atoms with Crippen molar-refractivity contribution >= 4 is 17.4 Å². The predicted octanol–water partition coefficient (Wildman–Crippen LogP) is 4.36. The lowest BCUT2D eigenvalue weighted by Gasteiger charge is -2.27. The fourth-order valence-electron chi connectivity index (χ4n) is 3.93. The van der Waals surface area contributed by atoms with Crippen molar-refractivity contribution < 1.29 is 14.7 Å². The van der Waals surface area contributed by atoms with E-state index in [1.54, 1.807) is 29.2 Å². The lowest BCUT2D eigenvalue weighted by atomic mass is 9.85. The average Bonchev–Trinajstić information content (AvgIpc) is 2.98. The van der Waals surface area contributed by atoms with Crippen molar-refractivity contribution in [1.82, 2.24) is 9.80 Å². The molecule has 1 heterocycles. The van der Waals surface area contributed by atoms with Gasteiger partial charge in [-0.05, 0) is 43.6 Å². The molecule has 31 heavy (non-hydrogen) atoms. The normalized spacial score (nSPS) is 18.8. The third-order valence-corrected chi connectivity index (χ3v) is 5.68. The molecule has 164 valence electrons. The maximum Gasteiger partial charge on any atom is 0.295 e. The monoisotopic (exact) mass is 420 g/mol. The number of hydrogen-bond donors (Lipinski definition) is 1. The van der Waals surface area contributed by atoms with Crippen LogP contribution in [0.5, 0.6) is 0 Å². The molecule has 5 heteroatoms. The fourth-order valence-corrected chi connectivity index (χ4v) is 3.93. The summed E-state index contributed by atoms with van der Waals surface area (Å²) in [4.78, 5) is 29.6. The van der Waals surface area contributed by atoms with E-state index in [1.807, 2.05) is 49.3 Å². The molecule has 0 radical (unpaired) electrons. The fraction of sp³-hybridized carbons (Fsp3) is 0.385. The standard InChI is InChI=1S/C26H32N2O3/c1-26(2,3)20-14-12-18(13-15-20)22-21(23(29)19-10-7-6-8-11-19)24(30)25(31)28(22)17-9-16-27(4)5/h6-8,10-15,22,29H,9,16-17H2,1-5H3/b23-21+. The topological polar surface area (TPSA) is 60.9 Å². The molecule has 1 amide bonds. The van der Waals surface area contributed by atoms with E-state index in [4.69, 9.17) is 0 Å². The molecule has 2 aromatic carbocycles. The Hall–Kier alpha value is -2.92. The maximum absolute atomic E-state index is 13.0. The molecule has 0 aliphatic carbocycles. The van der Waals surface area contributed by atoms with Crippen molar-refractivity contribution in [3.63, 3.8) is 0 Å². The van der Waals surface area contributed by atoms with Crippen molar-refractivity contribution in [3.05, 3.63) is 76.9 Å². The first-order chi connectivity index (χ1) is 14.6. The number of aliphatic hydroxyl groups is 1. The van der Waals surface area contributed by atoms with E-state index in [-0.39, 0.29) is 16.7 Å². The number of ketones is 1. The van der Waals surface area contributed by atoms with E-state index < -0.39 is 17.7 Å². The van der Waals surface area contributed by atoms with Crippen LogP contribution in [-0.4, -0.2) is 53.8 Å². The van der Waals surface area contributed by atoms with Gasteiger partial charge in [0, 0.05) is 12.1 Å². The maximum atomic E-state index is 13.0. The number of aliphatic hydroxyl groups excluding tert-OH is 1. The molecule has 1 aliphatic heterocycles. The summed E-state index contributed by atoms with van der Waals surface area (Å²) < 4.78 is 0. The summed E-state index contributed by atoms with van der Waals surface area (Å²) in [5, 5.41) is 11.0. The Kier molecular flexibility index (Phi) is 6.65. The van der Waals surface area contributed by atoms with Crippen molar-refractivity contribution in [1.29, 1.82) is 0 Å². The number of rotatable bonds is 6. The first-order valence-electron chi connectivity index (χ1n) is 10.7. The van der Waals surface area contributed by atoms with Gasteiger partial charge in [0.05, 0.1) is 11.6 Å². The quantitative estimate of drug-likeness (QED) is 0.429. The zero-order valence-electron chi connectivity index (χ0n) is 19.1. The molecule has 1 aliphatic rings. The van der Waals surface area contributed by atoms with Crippen LogP contribution in [0.3, 0.4) is 0 Å². The Bertz CT molecular complexity index is 970. The molecule has 1 N–H and O–H groups in total. The first kappa shape index (κ1) is 22.8. The van der Waals surface area contributed by atoms with E-state index in [0.717, 1.165) is 18.5 Å². The molecule has 1 fully saturated rings. The molecule has 2 aromatic rings. The molecule has 0 aromatic heterocycles. The van der Waals surface area contributed by atoms with Crippen molar-refractivity contribution in [3.8, 4) is 0 Å². The van der Waals surface area contributed by atoms with Gasteiger partial charge in [-0.1, -0.05) is 75.4 Å². The van der Waals surface area contributed by atoms with Crippen LogP contribution in [0.15, 0.2) is 60.2 Å². The number of carbonyl (C=O) groups excluding carboxylic acids is 2. The summed E-state index contributed by atoms with van der Waals surface area (Å²) in [6, 6.07) is 16.3. The number of nitrogens with zero attached hydrogens (tertiary/aromatic N) is 2. The lowest BCUT2D eigenvalue weighted by molar-refractivity contribution is -0.139. The van der Waals surface area contributed by atoms with Gasteiger partial charge in [0.1, 0.15) is 5.76 Å². The number of hydrogen-bond acceptors (Lipinski definition) is 4. The zero-order chi connectivity index (χ0) is 22.8. The largest absolute Gasteiger partial charge is 0.507 e. The van der Waals surface area contributed by atoms with Crippen LogP contribution in [0.25, 0.3) is 5.76 Å². The zero-order valence-corrected chi connectivity index (χ0v) is 19.1. The van der Waals surface area contributed by atoms with Gasteiger partial charge in [0.15, 0.2) is 0 Å². The van der Waals surface area contributed by atoms with Crippen LogP contribution in [0.1, 0.15) is 49.9 Å². The molecule has 0 saturated carbocycles. The minimum atomic E-state index is -0.629. The smallest absolute Gasteiger partial charge is 0.295 e. The Morgan fingerprint density at radius 2 is 1.61 bits per heavy atom. The number of likely N-dealkylation sites (tertiary alicyclic amines) is 1. The summed E-state index contributed by atoms with van der Waals surface area (Å²) in [5.74, 6) is -1.31. The van der Waals surface area contributed by atoms with Gasteiger partial charge >= 0.3 is 0 Å². The van der Waals surface area contributed by atoms with Crippen LogP contribution in [0.2, 0.25) is 0 Å². The number of benzene rings is 2. The van der Waals surface area contributed by atoms with Gasteiger partial charge in [0.2, 0.25) is 0 Å². The van der Waals surface area contributed by atoms with Crippen LogP contribution >= 0.6 is 0 Å². The lowest BCUT2D eigenvalue weighted by Crippen LogP contribution is -2.32. The van der Waals surface area contributed by atoms with Crippen LogP contribution in [-0.2, 0) is 15.0 Å². The molecule has 1 unspecified atom stereocenters. The summed E-state index contributed by atoms with van der Waals surface area (Å²) in [6.45, 7) is 7.68. The Labute approximate surface area is 185 Å². The highest BCUT2D eigenvalue weighted by Crippen LogP contribution is 2.40. The highest BCUT2D eigenvalue weighted by Gasteiger charge is 2.45. The Morgan fingerprint density at radius 1 is 1.00 bits per heavy atom. The van der Waals surface area contributed by atoms with E-state index >= 15 is 0 Å². The van der Waals surface area contributed by atoms with Crippen LogP contribution in [0, 0.1) is 0 Å². The third kappa shape index (κ3) is 4.88. The van der Waals surface area contributed by atoms with E-state index in [1.165, 1.54) is 5.56 Å². The Balaban J connectivity index is 2.08. The SMILES string of the molecule is CN(C)CCCN1C(=O)C(=O)/C(=C(/O)c2ccccc2)C1c1ccc(C(C)(C)C)cc1. The number of carbonyl (C=O) groups is 2. The van der Waals surface area contributed by atoms with Gasteiger partial charge < -0.3 is 14.9 Å². The highest BCUT2D eigenvalue weighted by atomic mass is 16.3. The predicted molar refractivity (Wildman–Crippen MR) is 124 cm³/mol. The molecule has 3 rings (SSSR count). The minimum absolute atomic E-state index is 0.00388. The van der Waals surface area contributed by atoms with Gasteiger partial charge in [-0.2, -0.15) is 0 Å². The van der Waals surface area contributed by atoms with Crippen molar-refractivity contribution in [2.24, 2.45) is 0 Å². The molecule has 1 saturated heterocycles. The second-order valence-corrected chi connectivity index (χ2v) is 9.39. The first-order valence-corrected chi connectivity index (χ1v) is 10.7. The molecular formula is C26H32N2O3. The van der Waals surface area contributed by atoms with Crippen molar-refractivity contribution in [2.45, 2.75) is 38.6 Å². The number of amides is 1. The second-order valence-electron chi connectivity index (χ2n) is 9.39. The molecule has 1 atom stereocenters. The summed E-state index contributed by atoms with van der Waals surface area (Å²) in [5.41, 5.74) is 2.68. The minimum Gasteiger partial charge on any atom is -0.507 e. The molecule has 0 spiro atoms. The highest BCUT2D eigenvalue weighted by molar-refractivity contribution is 6.46. The third-order valence-electron chi connectivity index (χ3n) is 5.68. The summed E-state index contributed by atoms with van der Waals surface area (Å²) in [7, 11) is 3.96. The van der Waals surface area contributed by atoms with Gasteiger partial charge in [-0.3, -0.25) is 9.59 Å². The number of Topliss-reactive ketones (excluding diaryl/α,β-unsaturated/α-hetero) is 1. The molecular weight excluding hydrogens is 388 g/mol. The van der Waals surface area contributed by atoms with Crippen LogP contribution < -0.4 is 0 Å². The summed E-state index contributed by atoms with van der Waals surface area (Å²) >= 11 is 0. The van der Waals surface area contributed by atoms with Gasteiger partial charge in [-0.25, -0.2) is 0 Å². The molecule has 5 nitrogen and oxygen atoms in total. The van der Waals surface area contributed by atoms with E-state index in [0.29, 0.717) is 12.1 Å². The van der Waals surface area contributed by atoms with Gasteiger partial charge in [-0.15, -0.1) is 0 Å².